The standard InChI is InChI=1S/C26H28F4O2Si/c1-25(2,3)33(21-10-6-4-7-11-21,22-12-8-5-9-13-22)32-18-23(31)24(27)19-14-16-20(17-15-19)26(28,29)30/h4-17,23-24,31H,18H2,1-3H3/t23-,24+/m0/s1. The maximum Gasteiger partial charge on any atom is 0.416 e. The van der Waals surface area contributed by atoms with Crippen molar-refractivity contribution in [3.05, 3.63) is 96.1 Å². The number of alkyl halides is 4. The van der Waals surface area contributed by atoms with Crippen LogP contribution < -0.4 is 10.4 Å². The second kappa shape index (κ2) is 9.79. The zero-order chi connectivity index (χ0) is 24.3. The topological polar surface area (TPSA) is 29.5 Å². The summed E-state index contributed by atoms with van der Waals surface area (Å²) in [4.78, 5) is 0. The van der Waals surface area contributed by atoms with Gasteiger partial charge in [-0.05, 0) is 33.1 Å². The van der Waals surface area contributed by atoms with Gasteiger partial charge < -0.3 is 9.53 Å². The third-order valence-corrected chi connectivity index (χ3v) is 10.8. The lowest BCUT2D eigenvalue weighted by molar-refractivity contribution is -0.137. The van der Waals surface area contributed by atoms with E-state index in [9.17, 15) is 18.3 Å². The highest BCUT2D eigenvalue weighted by atomic mass is 28.4. The van der Waals surface area contributed by atoms with Crippen molar-refractivity contribution in [1.29, 1.82) is 0 Å². The van der Waals surface area contributed by atoms with Gasteiger partial charge in [-0.1, -0.05) is 93.6 Å². The first-order valence-electron chi connectivity index (χ1n) is 10.7. The molecule has 3 rings (SSSR count). The number of halogens is 4. The van der Waals surface area contributed by atoms with Gasteiger partial charge in [0.15, 0.2) is 6.17 Å². The molecule has 0 amide bonds. The van der Waals surface area contributed by atoms with Crippen LogP contribution in [0.15, 0.2) is 84.9 Å². The molecule has 0 unspecified atom stereocenters. The summed E-state index contributed by atoms with van der Waals surface area (Å²) < 4.78 is 60.0. The number of rotatable bonds is 7. The van der Waals surface area contributed by atoms with Crippen LogP contribution in [0.4, 0.5) is 17.6 Å². The lowest BCUT2D eigenvalue weighted by atomic mass is 10.0. The number of aliphatic hydroxyl groups excluding tert-OH is 1. The predicted octanol–water partition coefficient (Wildman–Crippen LogP) is 5.65. The van der Waals surface area contributed by atoms with Crippen LogP contribution in [0.1, 0.15) is 38.1 Å². The molecule has 0 saturated heterocycles. The van der Waals surface area contributed by atoms with Crippen LogP contribution in [0, 0.1) is 0 Å². The molecule has 0 heterocycles. The molecule has 176 valence electrons. The molecule has 0 bridgehead atoms. The molecular weight excluding hydrogens is 448 g/mol. The van der Waals surface area contributed by atoms with Gasteiger partial charge >= 0.3 is 6.18 Å². The van der Waals surface area contributed by atoms with Crippen LogP contribution in [-0.4, -0.2) is 26.1 Å². The summed E-state index contributed by atoms with van der Waals surface area (Å²) in [5.41, 5.74) is -0.891. The minimum Gasteiger partial charge on any atom is -0.405 e. The van der Waals surface area contributed by atoms with Gasteiger partial charge in [0.25, 0.3) is 8.32 Å². The van der Waals surface area contributed by atoms with E-state index >= 15 is 4.39 Å². The Morgan fingerprint density at radius 1 is 0.788 bits per heavy atom. The Kier molecular flexibility index (Phi) is 7.46. The van der Waals surface area contributed by atoms with E-state index in [0.717, 1.165) is 34.6 Å². The molecule has 0 aliphatic carbocycles. The molecule has 33 heavy (non-hydrogen) atoms. The molecule has 3 aromatic carbocycles. The molecule has 0 aliphatic heterocycles. The summed E-state index contributed by atoms with van der Waals surface area (Å²) in [6, 6.07) is 23.2. The second-order valence-electron chi connectivity index (χ2n) is 9.06. The molecule has 0 saturated carbocycles. The average Bonchev–Trinajstić information content (AvgIpc) is 2.79. The highest BCUT2D eigenvalue weighted by molar-refractivity contribution is 6.99. The Balaban J connectivity index is 1.91. The highest BCUT2D eigenvalue weighted by Gasteiger charge is 2.50. The SMILES string of the molecule is CC(C)(C)[Si](OC[C@H](O)[C@H](F)c1ccc(C(F)(F)F)cc1)(c1ccccc1)c1ccccc1. The molecule has 7 heteroatoms. The molecule has 0 spiro atoms. The van der Waals surface area contributed by atoms with Crippen LogP contribution >= 0.6 is 0 Å². The summed E-state index contributed by atoms with van der Waals surface area (Å²) in [6.45, 7) is 5.90. The van der Waals surface area contributed by atoms with Crippen LogP contribution in [0.5, 0.6) is 0 Å². The fourth-order valence-electron chi connectivity index (χ4n) is 4.13. The molecule has 3 aromatic rings. The minimum atomic E-state index is -4.50. The smallest absolute Gasteiger partial charge is 0.405 e. The first kappa shape index (κ1) is 25.1. The Bertz CT molecular complexity index is 977. The lowest BCUT2D eigenvalue weighted by Crippen LogP contribution is -2.67. The zero-order valence-corrected chi connectivity index (χ0v) is 19.8. The largest absolute Gasteiger partial charge is 0.416 e. The van der Waals surface area contributed by atoms with Crippen molar-refractivity contribution in [3.8, 4) is 0 Å². The first-order chi connectivity index (χ1) is 15.5. The van der Waals surface area contributed by atoms with Crippen LogP contribution in [-0.2, 0) is 10.6 Å². The number of aliphatic hydroxyl groups is 1. The number of hydrogen-bond donors (Lipinski definition) is 1. The first-order valence-corrected chi connectivity index (χ1v) is 12.6. The molecule has 2 atom stereocenters. The van der Waals surface area contributed by atoms with E-state index < -0.39 is 32.3 Å². The summed E-state index contributed by atoms with van der Waals surface area (Å²) >= 11 is 0. The summed E-state index contributed by atoms with van der Waals surface area (Å²) in [5, 5.41) is 12.2. The zero-order valence-electron chi connectivity index (χ0n) is 18.8. The van der Waals surface area contributed by atoms with Gasteiger partial charge in [-0.3, -0.25) is 0 Å². The molecule has 0 fully saturated rings. The quantitative estimate of drug-likeness (QED) is 0.353. The van der Waals surface area contributed by atoms with Gasteiger partial charge in [-0.15, -0.1) is 0 Å². The van der Waals surface area contributed by atoms with Crippen molar-refractivity contribution in [2.45, 2.75) is 44.3 Å². The summed E-state index contributed by atoms with van der Waals surface area (Å²) in [7, 11) is -2.97. The van der Waals surface area contributed by atoms with Crippen LogP contribution in [0.3, 0.4) is 0 Å². The molecule has 0 aromatic heterocycles. The maximum atomic E-state index is 15.0. The number of hydrogen-bond acceptors (Lipinski definition) is 2. The second-order valence-corrected chi connectivity index (χ2v) is 13.4. The lowest BCUT2D eigenvalue weighted by Gasteiger charge is -2.43. The van der Waals surface area contributed by atoms with Crippen molar-refractivity contribution in [3.63, 3.8) is 0 Å². The fraction of sp³-hybridized carbons (Fsp3) is 0.308. The Morgan fingerprint density at radius 2 is 1.24 bits per heavy atom. The van der Waals surface area contributed by atoms with E-state index in [1.165, 1.54) is 0 Å². The van der Waals surface area contributed by atoms with Crippen LogP contribution in [0.25, 0.3) is 0 Å². The minimum absolute atomic E-state index is 0.0263. The average molecular weight is 477 g/mol. The molecular formula is C26H28F4O2Si. The molecule has 2 nitrogen and oxygen atoms in total. The predicted molar refractivity (Wildman–Crippen MR) is 125 cm³/mol. The molecule has 0 aliphatic rings. The van der Waals surface area contributed by atoms with Gasteiger partial charge in [0.2, 0.25) is 0 Å². The van der Waals surface area contributed by atoms with Gasteiger partial charge in [0.1, 0.15) is 6.10 Å². The normalized spacial score (nSPS) is 14.7. The summed E-state index contributed by atoms with van der Waals surface area (Å²) in [6.07, 6.45) is -7.93. The fourth-order valence-corrected chi connectivity index (χ4v) is 8.71. The third kappa shape index (κ3) is 5.37. The van der Waals surface area contributed by atoms with E-state index in [1.807, 2.05) is 60.7 Å². The Labute approximate surface area is 193 Å². The monoisotopic (exact) mass is 476 g/mol. The van der Waals surface area contributed by atoms with Crippen molar-refractivity contribution in [2.24, 2.45) is 0 Å². The van der Waals surface area contributed by atoms with E-state index in [2.05, 4.69) is 20.8 Å². The van der Waals surface area contributed by atoms with Crippen molar-refractivity contribution < 1.29 is 27.1 Å². The Morgan fingerprint density at radius 3 is 1.64 bits per heavy atom. The summed E-state index contributed by atoms with van der Waals surface area (Å²) in [5.74, 6) is 0. The van der Waals surface area contributed by atoms with Crippen molar-refractivity contribution in [2.75, 3.05) is 6.61 Å². The van der Waals surface area contributed by atoms with E-state index in [1.54, 1.807) is 0 Å². The Hall–Kier alpha value is -2.48. The number of benzene rings is 3. The van der Waals surface area contributed by atoms with E-state index in [4.69, 9.17) is 4.43 Å². The molecule has 0 radical (unpaired) electrons. The molecule has 1 N–H and O–H groups in total. The van der Waals surface area contributed by atoms with Gasteiger partial charge in [0.05, 0.1) is 12.2 Å². The van der Waals surface area contributed by atoms with Gasteiger partial charge in [-0.2, -0.15) is 13.2 Å². The third-order valence-electron chi connectivity index (χ3n) is 5.78. The van der Waals surface area contributed by atoms with E-state index in [0.29, 0.717) is 0 Å². The van der Waals surface area contributed by atoms with Crippen LogP contribution in [0.2, 0.25) is 5.04 Å². The van der Waals surface area contributed by atoms with Gasteiger partial charge in [-0.25, -0.2) is 4.39 Å². The van der Waals surface area contributed by atoms with Crippen molar-refractivity contribution in [1.82, 2.24) is 0 Å². The maximum absolute atomic E-state index is 15.0. The highest BCUT2D eigenvalue weighted by Crippen LogP contribution is 2.37. The van der Waals surface area contributed by atoms with E-state index in [-0.39, 0.29) is 17.2 Å². The van der Waals surface area contributed by atoms with Gasteiger partial charge in [0, 0.05) is 0 Å². The van der Waals surface area contributed by atoms with Crippen molar-refractivity contribution >= 4 is 18.7 Å².